The number of nitrogens with one attached hydrogen (secondary N) is 1. The van der Waals surface area contributed by atoms with E-state index in [2.05, 4.69) is 62.4 Å². The largest absolute Gasteiger partial charge is 0.507 e. The van der Waals surface area contributed by atoms with Gasteiger partial charge in [-0.2, -0.15) is 0 Å². The molecular weight excluding hydrogens is 1080 g/mol. The Bertz CT molecular complexity index is 3200. The number of carbonyl (C=O) groups is 2. The minimum absolute atomic E-state index is 0.0650. The maximum absolute atomic E-state index is 14.6. The van der Waals surface area contributed by atoms with E-state index in [4.69, 9.17) is 24.5 Å². The molecule has 12 rings (SSSR count). The minimum atomic E-state index is -0.840. The maximum atomic E-state index is 14.6. The number of phenols is 1. The third-order valence-corrected chi connectivity index (χ3v) is 19.4. The summed E-state index contributed by atoms with van der Waals surface area (Å²) in [5, 5.41) is 37.7. The van der Waals surface area contributed by atoms with Crippen LogP contribution in [0.2, 0.25) is 0 Å². The molecule has 0 radical (unpaired) electrons. The molecule has 5 aliphatic heterocycles. The molecule has 20 nitrogen and oxygen atoms in total. The van der Waals surface area contributed by atoms with Crippen LogP contribution in [-0.4, -0.2) is 166 Å². The molecule has 1 saturated carbocycles. The van der Waals surface area contributed by atoms with Crippen LogP contribution in [0, 0.1) is 18.8 Å². The van der Waals surface area contributed by atoms with Crippen molar-refractivity contribution in [2.45, 2.75) is 139 Å². The number of aliphatic hydroxyl groups is 1. The van der Waals surface area contributed by atoms with Crippen molar-refractivity contribution in [3.8, 4) is 33.3 Å². The van der Waals surface area contributed by atoms with Gasteiger partial charge in [0.1, 0.15) is 23.8 Å². The average Bonchev–Trinajstić information content (AvgIpc) is 4.42. The Kier molecular flexibility index (Phi) is 17.4. The molecule has 1 unspecified atom stereocenters. The number of anilines is 4. The number of para-hydroxylation sites is 1. The van der Waals surface area contributed by atoms with Crippen molar-refractivity contribution in [1.82, 2.24) is 40.4 Å². The van der Waals surface area contributed by atoms with Gasteiger partial charge in [0.15, 0.2) is 17.4 Å². The number of piperidine rings is 2. The third-order valence-electron chi connectivity index (χ3n) is 18.4. The van der Waals surface area contributed by atoms with Crippen LogP contribution in [0.3, 0.4) is 0 Å². The van der Waals surface area contributed by atoms with E-state index in [0.29, 0.717) is 59.7 Å². The summed E-state index contributed by atoms with van der Waals surface area (Å²) in [7, 11) is 1.64. The molecule has 0 spiro atoms. The van der Waals surface area contributed by atoms with Crippen LogP contribution >= 0.6 is 11.3 Å². The number of aromatic nitrogens is 5. The van der Waals surface area contributed by atoms with Crippen molar-refractivity contribution in [3.05, 3.63) is 102 Å². The lowest BCUT2D eigenvalue weighted by Crippen LogP contribution is -2.54. The lowest BCUT2D eigenvalue weighted by Gasteiger charge is -2.43. The van der Waals surface area contributed by atoms with Gasteiger partial charge < -0.3 is 64.5 Å². The number of methoxy groups -OCH3 is 1. The zero-order valence-electron chi connectivity index (χ0n) is 48.7. The molecule has 446 valence electrons. The number of hydrogen-bond acceptors (Lipinski definition) is 19. The van der Waals surface area contributed by atoms with Crippen molar-refractivity contribution < 1.29 is 38.5 Å². The second kappa shape index (κ2) is 25.4. The molecule has 1 aliphatic carbocycles. The lowest BCUT2D eigenvalue weighted by atomic mass is 9.91. The number of β-amino-alcohol motifs (C(OH)–C–C–N with tert-alkyl or cyclic N) is 1. The predicted octanol–water partition coefficient (Wildman–Crippen LogP) is 8.01. The van der Waals surface area contributed by atoms with Gasteiger partial charge in [0.25, 0.3) is 0 Å². The fourth-order valence-electron chi connectivity index (χ4n) is 13.8. The number of nitrogens with zero attached hydrogens (tertiary/aromatic N) is 10. The predicted molar refractivity (Wildman–Crippen MR) is 322 cm³/mol. The standard InChI is InChI=1S/C63H80N12O8S/c1-38(2)59(63(79)74-36-46(76)28-54(74)62(78)67-51(20-26-80-4)41-9-11-42(12-10-41)60-39(3)66-37-84-60)56-32-57(70-83-56)72-24-16-40(17-25-72)33-71-22-18-47(19-23-71)81-48-29-49(30-48)82-58-27-43(15-21-65-58)75-44-13-14-45(75)35-73(34-44)53-31-52(68-69-61(53)64)50-7-5-6-8-55(50)77/h5-12,15,21,27,31-32,37-38,40,44-49,51,54,59,76-77H,13-14,16-20,22-26,28-30,33-36H2,1-4H3,(H2,64,69)(H,67,78)/t44-,45?,46-,48?,49?,51+,54+,59-/m1/s1. The Hall–Kier alpha value is -6.91. The van der Waals surface area contributed by atoms with Crippen LogP contribution in [0.5, 0.6) is 11.6 Å². The van der Waals surface area contributed by atoms with Gasteiger partial charge >= 0.3 is 0 Å². The Morgan fingerprint density at radius 3 is 2.33 bits per heavy atom. The molecule has 2 amide bonds. The average molecular weight is 1170 g/mol. The zero-order chi connectivity index (χ0) is 58.0. The summed E-state index contributed by atoms with van der Waals surface area (Å²) in [6.45, 7) is 12.9. The minimum Gasteiger partial charge on any atom is -0.507 e. The van der Waals surface area contributed by atoms with E-state index in [1.165, 1.54) is 0 Å². The van der Waals surface area contributed by atoms with Crippen LogP contribution in [-0.2, 0) is 19.1 Å². The molecule has 4 aromatic heterocycles. The molecule has 6 aromatic rings. The summed E-state index contributed by atoms with van der Waals surface area (Å²) in [5.41, 5.74) is 14.4. The van der Waals surface area contributed by atoms with Gasteiger partial charge in [-0.25, -0.2) is 9.97 Å². The summed E-state index contributed by atoms with van der Waals surface area (Å²) in [4.78, 5) is 50.1. The number of likely N-dealkylation sites (tertiary alicyclic amines) is 2. The first kappa shape index (κ1) is 57.5. The Morgan fingerprint density at radius 1 is 0.857 bits per heavy atom. The monoisotopic (exact) mass is 1160 g/mol. The van der Waals surface area contributed by atoms with Gasteiger partial charge in [-0.3, -0.25) is 9.59 Å². The molecule has 21 heteroatoms. The first-order valence-corrected chi connectivity index (χ1v) is 31.2. The number of fused-ring (bicyclic) bond motifs is 2. The number of amides is 2. The van der Waals surface area contributed by atoms with Crippen molar-refractivity contribution >= 4 is 46.2 Å². The molecule has 9 heterocycles. The van der Waals surface area contributed by atoms with E-state index < -0.39 is 18.1 Å². The van der Waals surface area contributed by atoms with Crippen molar-refractivity contribution in [2.24, 2.45) is 11.8 Å². The SMILES string of the molecule is COCC[C@H](NC(=O)[C@@H]1C[C@@H](O)CN1C(=O)[C@@H](c1cc(N2CCC(CN3CCC(OC4CC(Oc5cc(N6C7CC[C@@H]6CN(c6cc(-c8ccccc8O)nnc6N)C7)ccn5)C4)CC3)CC2)no1)C(C)C)c1ccc(-c2scnc2C)cc1. The highest BCUT2D eigenvalue weighted by atomic mass is 32.1. The number of rotatable bonds is 20. The maximum Gasteiger partial charge on any atom is 0.243 e. The number of benzene rings is 2. The molecule has 6 fully saturated rings. The molecule has 5 saturated heterocycles. The quantitative estimate of drug-likeness (QED) is 0.0567. The lowest BCUT2D eigenvalue weighted by molar-refractivity contribution is -0.141. The topological polar surface area (TPSA) is 234 Å². The van der Waals surface area contributed by atoms with E-state index in [0.717, 1.165) is 136 Å². The Balaban J connectivity index is 0.571. The second-order valence-corrected chi connectivity index (χ2v) is 25.3. The summed E-state index contributed by atoms with van der Waals surface area (Å²) in [6.07, 6.45) is 10.3. The highest BCUT2D eigenvalue weighted by Crippen LogP contribution is 2.41. The van der Waals surface area contributed by atoms with Crippen molar-refractivity contribution in [3.63, 3.8) is 0 Å². The number of aromatic hydroxyl groups is 1. The Labute approximate surface area is 495 Å². The van der Waals surface area contributed by atoms with E-state index in [9.17, 15) is 19.8 Å². The fourth-order valence-corrected chi connectivity index (χ4v) is 14.6. The molecule has 5 N–H and O–H groups in total. The zero-order valence-corrected chi connectivity index (χ0v) is 49.5. The fraction of sp³-hybridized carbons (Fsp3) is 0.540. The van der Waals surface area contributed by atoms with Gasteiger partial charge in [0, 0.05) is 127 Å². The number of aryl methyl sites for hydroxylation is 1. The molecule has 84 heavy (non-hydrogen) atoms. The van der Waals surface area contributed by atoms with Crippen LogP contribution in [0.25, 0.3) is 21.7 Å². The number of pyridine rings is 1. The van der Waals surface area contributed by atoms with E-state index in [-0.39, 0.29) is 60.8 Å². The van der Waals surface area contributed by atoms with E-state index in [1.807, 2.05) is 81.0 Å². The number of nitrogen functional groups attached to an aromatic ring is 1. The Morgan fingerprint density at radius 2 is 1.62 bits per heavy atom. The van der Waals surface area contributed by atoms with Gasteiger partial charge in [-0.05, 0) is 99.1 Å². The van der Waals surface area contributed by atoms with Crippen LogP contribution < -0.4 is 30.5 Å². The molecule has 6 atom stereocenters. The molecule has 6 aliphatic rings. The molecule has 2 bridgehead atoms. The van der Waals surface area contributed by atoms with E-state index in [1.54, 1.807) is 35.5 Å². The summed E-state index contributed by atoms with van der Waals surface area (Å²) >= 11 is 1.59. The van der Waals surface area contributed by atoms with Crippen molar-refractivity contribution in [1.29, 1.82) is 0 Å². The van der Waals surface area contributed by atoms with Crippen LogP contribution in [0.4, 0.5) is 23.0 Å². The van der Waals surface area contributed by atoms with Crippen LogP contribution in [0.1, 0.15) is 107 Å². The first-order valence-electron chi connectivity index (χ1n) is 30.3. The summed E-state index contributed by atoms with van der Waals surface area (Å²) in [5.74, 6) is 1.62. The molecule has 2 aromatic carbocycles. The highest BCUT2D eigenvalue weighted by Gasteiger charge is 2.45. The number of phenolic OH excluding ortho intramolecular Hbond substituents is 1. The number of ether oxygens (including phenoxy) is 3. The third kappa shape index (κ3) is 12.6. The van der Waals surface area contributed by atoms with Crippen molar-refractivity contribution in [2.75, 3.05) is 86.5 Å². The number of hydrogen-bond donors (Lipinski definition) is 4. The molecular formula is C63H80N12O8S. The van der Waals surface area contributed by atoms with E-state index >= 15 is 0 Å². The summed E-state index contributed by atoms with van der Waals surface area (Å²) in [6, 6.07) is 22.7. The van der Waals surface area contributed by atoms with Gasteiger partial charge in [-0.15, -0.1) is 21.5 Å². The number of carbonyl (C=O) groups excluding carboxylic acids is 2. The number of nitrogens with two attached hydrogens (primary N) is 1. The van der Waals surface area contributed by atoms with Gasteiger partial charge in [0.2, 0.25) is 17.7 Å². The van der Waals surface area contributed by atoms with Gasteiger partial charge in [-0.1, -0.05) is 55.4 Å². The number of piperazine rings is 1. The first-order chi connectivity index (χ1) is 40.8. The number of aliphatic hydroxyl groups excluding tert-OH is 1. The normalized spacial score (nSPS) is 23.9. The number of thiazole rings is 1. The highest BCUT2D eigenvalue weighted by molar-refractivity contribution is 7.13. The van der Waals surface area contributed by atoms with Crippen LogP contribution in [0.15, 0.2) is 89.0 Å². The van der Waals surface area contributed by atoms with Gasteiger partial charge in [0.05, 0.1) is 51.8 Å². The summed E-state index contributed by atoms with van der Waals surface area (Å²) < 4.78 is 24.5. The second-order valence-electron chi connectivity index (χ2n) is 24.4. The smallest absolute Gasteiger partial charge is 0.243 e.